The van der Waals surface area contributed by atoms with Gasteiger partial charge in [-0.2, -0.15) is 0 Å². The van der Waals surface area contributed by atoms with Crippen molar-refractivity contribution < 1.29 is 5.11 Å². The zero-order valence-corrected chi connectivity index (χ0v) is 9.95. The van der Waals surface area contributed by atoms with Gasteiger partial charge in [-0.3, -0.25) is 0 Å². The van der Waals surface area contributed by atoms with Crippen LogP contribution in [0.5, 0.6) is 0 Å². The smallest absolute Gasteiger partial charge is 0.323 e. The number of benzene rings is 1. The molecule has 1 atom stereocenters. The van der Waals surface area contributed by atoms with Crippen molar-refractivity contribution in [1.82, 2.24) is 9.97 Å². The Morgan fingerprint density at radius 2 is 2.00 bits per heavy atom. The highest BCUT2D eigenvalue weighted by molar-refractivity contribution is 5.78. The summed E-state index contributed by atoms with van der Waals surface area (Å²) in [7, 11) is 0. The number of aliphatic hydroxyl groups is 1. The first kappa shape index (κ1) is 11.7. The van der Waals surface area contributed by atoms with Crippen molar-refractivity contribution in [2.45, 2.75) is 19.9 Å². The van der Waals surface area contributed by atoms with Gasteiger partial charge in [0.2, 0.25) is 0 Å². The summed E-state index contributed by atoms with van der Waals surface area (Å²) in [6, 6.07) is 5.60. The lowest BCUT2D eigenvalue weighted by Crippen LogP contribution is -2.29. The Kier molecular flexibility index (Phi) is 3.19. The third-order valence-electron chi connectivity index (χ3n) is 2.87. The van der Waals surface area contributed by atoms with Crippen LogP contribution >= 0.6 is 0 Å². The molecule has 0 aliphatic rings. The van der Waals surface area contributed by atoms with Crippen LogP contribution in [-0.2, 0) is 0 Å². The number of hydrogen-bond acceptors (Lipinski definition) is 3. The Morgan fingerprint density at radius 1 is 1.29 bits per heavy atom. The lowest BCUT2D eigenvalue weighted by molar-refractivity contribution is 0.249. The molecule has 5 nitrogen and oxygen atoms in total. The maximum Gasteiger partial charge on any atom is 0.323 e. The van der Waals surface area contributed by atoms with E-state index in [2.05, 4.69) is 15.3 Å². The zero-order valence-electron chi connectivity index (χ0n) is 9.95. The van der Waals surface area contributed by atoms with Crippen molar-refractivity contribution in [3.63, 3.8) is 0 Å². The van der Waals surface area contributed by atoms with E-state index >= 15 is 0 Å². The molecule has 0 saturated heterocycles. The molecule has 0 aliphatic carbocycles. The van der Waals surface area contributed by atoms with E-state index in [1.165, 1.54) is 0 Å². The Balaban J connectivity index is 2.26. The Labute approximate surface area is 98.9 Å². The van der Waals surface area contributed by atoms with Crippen LogP contribution < -0.4 is 11.0 Å². The van der Waals surface area contributed by atoms with Crippen LogP contribution in [-0.4, -0.2) is 27.7 Å². The molecule has 0 amide bonds. The number of H-pyrrole nitrogens is 2. The molecule has 1 aromatic heterocycles. The van der Waals surface area contributed by atoms with Crippen molar-refractivity contribution in [3.05, 3.63) is 28.7 Å². The number of fused-ring (bicyclic) bond motifs is 1. The number of anilines is 1. The van der Waals surface area contributed by atoms with E-state index in [4.69, 9.17) is 0 Å². The van der Waals surface area contributed by atoms with E-state index in [-0.39, 0.29) is 18.3 Å². The molecule has 0 aliphatic heterocycles. The number of aliphatic hydroxyl groups excluding tert-OH is 1. The highest BCUT2D eigenvalue weighted by Crippen LogP contribution is 2.17. The Bertz CT molecular complexity index is 556. The number of rotatable bonds is 4. The van der Waals surface area contributed by atoms with Gasteiger partial charge in [0.1, 0.15) is 0 Å². The lowest BCUT2D eigenvalue weighted by atomic mass is 10.1. The standard InChI is InChI=1S/C12H17N3O2/c1-7(2)11(6-16)13-8-3-4-9-10(5-8)15-12(17)14-9/h3-5,7,11,13,16H,6H2,1-2H3,(H2,14,15,17). The summed E-state index contributed by atoms with van der Waals surface area (Å²) < 4.78 is 0. The number of imidazole rings is 1. The molecule has 0 radical (unpaired) electrons. The molecular weight excluding hydrogens is 218 g/mol. The molecular formula is C12H17N3O2. The molecule has 17 heavy (non-hydrogen) atoms. The highest BCUT2D eigenvalue weighted by atomic mass is 16.3. The maximum atomic E-state index is 11.1. The van der Waals surface area contributed by atoms with Gasteiger partial charge in [0.25, 0.3) is 0 Å². The van der Waals surface area contributed by atoms with Crippen molar-refractivity contribution in [1.29, 1.82) is 0 Å². The number of nitrogens with one attached hydrogen (secondary N) is 3. The Hall–Kier alpha value is -1.75. The normalized spacial score (nSPS) is 13.2. The summed E-state index contributed by atoms with van der Waals surface area (Å²) in [6.45, 7) is 4.18. The van der Waals surface area contributed by atoms with E-state index in [0.717, 1.165) is 16.7 Å². The van der Waals surface area contributed by atoms with Crippen LogP contribution in [0.1, 0.15) is 13.8 Å². The van der Waals surface area contributed by atoms with Crippen molar-refractivity contribution in [2.24, 2.45) is 5.92 Å². The van der Waals surface area contributed by atoms with Gasteiger partial charge in [0.15, 0.2) is 0 Å². The average Bonchev–Trinajstić information content (AvgIpc) is 2.64. The topological polar surface area (TPSA) is 80.9 Å². The van der Waals surface area contributed by atoms with Gasteiger partial charge in [-0.25, -0.2) is 4.79 Å². The summed E-state index contributed by atoms with van der Waals surface area (Å²) in [5.74, 6) is 0.334. The molecule has 92 valence electrons. The van der Waals surface area contributed by atoms with E-state index in [1.54, 1.807) is 0 Å². The zero-order chi connectivity index (χ0) is 12.4. The van der Waals surface area contributed by atoms with Gasteiger partial charge in [-0.15, -0.1) is 0 Å². The number of aromatic amines is 2. The summed E-state index contributed by atoms with van der Waals surface area (Å²) in [4.78, 5) is 16.5. The van der Waals surface area contributed by atoms with Gasteiger partial charge in [-0.1, -0.05) is 13.8 Å². The third kappa shape index (κ3) is 2.50. The summed E-state index contributed by atoms with van der Waals surface area (Å²) in [5.41, 5.74) is 2.23. The van der Waals surface area contributed by atoms with Crippen LogP contribution in [0.2, 0.25) is 0 Å². The van der Waals surface area contributed by atoms with Crippen LogP contribution in [0.4, 0.5) is 5.69 Å². The molecule has 2 rings (SSSR count). The second kappa shape index (κ2) is 4.63. The predicted molar refractivity (Wildman–Crippen MR) is 68.3 cm³/mol. The highest BCUT2D eigenvalue weighted by Gasteiger charge is 2.11. The van der Waals surface area contributed by atoms with E-state index in [1.807, 2.05) is 32.0 Å². The molecule has 0 spiro atoms. The first-order valence-electron chi connectivity index (χ1n) is 5.69. The molecule has 2 aromatic rings. The number of hydrogen-bond donors (Lipinski definition) is 4. The van der Waals surface area contributed by atoms with E-state index in [9.17, 15) is 9.90 Å². The van der Waals surface area contributed by atoms with Crippen molar-refractivity contribution in [3.8, 4) is 0 Å². The summed E-state index contributed by atoms with van der Waals surface area (Å²) in [6.07, 6.45) is 0. The van der Waals surface area contributed by atoms with Gasteiger partial charge in [0.05, 0.1) is 23.7 Å². The van der Waals surface area contributed by atoms with Crippen LogP contribution in [0.15, 0.2) is 23.0 Å². The largest absolute Gasteiger partial charge is 0.394 e. The summed E-state index contributed by atoms with van der Waals surface area (Å²) >= 11 is 0. The first-order chi connectivity index (χ1) is 8.10. The molecule has 0 bridgehead atoms. The molecule has 4 N–H and O–H groups in total. The molecule has 0 saturated carbocycles. The monoisotopic (exact) mass is 235 g/mol. The van der Waals surface area contributed by atoms with Gasteiger partial charge < -0.3 is 20.4 Å². The van der Waals surface area contributed by atoms with E-state index in [0.29, 0.717) is 5.92 Å². The van der Waals surface area contributed by atoms with Crippen LogP contribution in [0.25, 0.3) is 11.0 Å². The van der Waals surface area contributed by atoms with Crippen molar-refractivity contribution in [2.75, 3.05) is 11.9 Å². The van der Waals surface area contributed by atoms with Gasteiger partial charge in [0, 0.05) is 5.69 Å². The SMILES string of the molecule is CC(C)C(CO)Nc1ccc2[nH]c(=O)[nH]c2c1. The number of aromatic nitrogens is 2. The first-order valence-corrected chi connectivity index (χ1v) is 5.69. The average molecular weight is 235 g/mol. The Morgan fingerprint density at radius 3 is 2.65 bits per heavy atom. The van der Waals surface area contributed by atoms with E-state index < -0.39 is 0 Å². The quantitative estimate of drug-likeness (QED) is 0.644. The minimum atomic E-state index is -0.209. The van der Waals surface area contributed by atoms with Gasteiger partial charge in [-0.05, 0) is 24.1 Å². The second-order valence-corrected chi connectivity index (χ2v) is 4.52. The van der Waals surface area contributed by atoms with Crippen LogP contribution in [0.3, 0.4) is 0 Å². The van der Waals surface area contributed by atoms with Gasteiger partial charge >= 0.3 is 5.69 Å². The molecule has 1 aromatic carbocycles. The molecule has 0 fully saturated rings. The molecule has 1 unspecified atom stereocenters. The minimum absolute atomic E-state index is 0.0121. The molecule has 1 heterocycles. The molecule has 5 heteroatoms. The summed E-state index contributed by atoms with van der Waals surface area (Å²) in [5, 5.41) is 12.5. The van der Waals surface area contributed by atoms with Crippen molar-refractivity contribution >= 4 is 16.7 Å². The lowest BCUT2D eigenvalue weighted by Gasteiger charge is -2.21. The van der Waals surface area contributed by atoms with Crippen LogP contribution in [0, 0.1) is 5.92 Å². The second-order valence-electron chi connectivity index (χ2n) is 4.52. The predicted octanol–water partition coefficient (Wildman–Crippen LogP) is 1.28. The fraction of sp³-hybridized carbons (Fsp3) is 0.417. The minimum Gasteiger partial charge on any atom is -0.394 e. The fourth-order valence-corrected chi connectivity index (χ4v) is 1.76. The fourth-order valence-electron chi connectivity index (χ4n) is 1.76. The third-order valence-corrected chi connectivity index (χ3v) is 2.87. The maximum absolute atomic E-state index is 11.1.